The highest BCUT2D eigenvalue weighted by Crippen LogP contribution is 2.19. The van der Waals surface area contributed by atoms with Crippen molar-refractivity contribution in [2.75, 3.05) is 13.7 Å². The molecule has 0 radical (unpaired) electrons. The van der Waals surface area contributed by atoms with Gasteiger partial charge in [-0.15, -0.1) is 0 Å². The molecule has 0 bridgehead atoms. The minimum atomic E-state index is -4.28. The smallest absolute Gasteiger partial charge is 0.422 e. The predicted molar refractivity (Wildman–Crippen MR) is 44.6 cm³/mol. The molecule has 0 N–H and O–H groups in total. The zero-order chi connectivity index (χ0) is 10.6. The molecule has 0 aliphatic heterocycles. The van der Waals surface area contributed by atoms with Gasteiger partial charge < -0.3 is 9.47 Å². The molecule has 0 aromatic heterocycles. The third-order valence-electron chi connectivity index (χ3n) is 1.73. The number of alkyl halides is 3. The molecule has 2 nitrogen and oxygen atoms in total. The van der Waals surface area contributed by atoms with Crippen LogP contribution in [0.15, 0.2) is 24.0 Å². The summed E-state index contributed by atoms with van der Waals surface area (Å²) in [5.74, 6) is 0.246. The molecule has 0 aromatic rings. The van der Waals surface area contributed by atoms with E-state index in [1.165, 1.54) is 6.08 Å². The molecule has 0 spiro atoms. The van der Waals surface area contributed by atoms with Crippen molar-refractivity contribution in [3.05, 3.63) is 24.0 Å². The van der Waals surface area contributed by atoms with Gasteiger partial charge in [-0.1, -0.05) is 6.08 Å². The van der Waals surface area contributed by atoms with Gasteiger partial charge in [-0.25, -0.2) is 0 Å². The van der Waals surface area contributed by atoms with Gasteiger partial charge in [0.25, 0.3) is 0 Å². The molecule has 1 unspecified atom stereocenters. The summed E-state index contributed by atoms with van der Waals surface area (Å²) in [6, 6.07) is 0. The monoisotopic (exact) mass is 208 g/mol. The second-order valence-electron chi connectivity index (χ2n) is 2.88. The molecule has 1 aliphatic carbocycles. The van der Waals surface area contributed by atoms with E-state index in [4.69, 9.17) is 4.74 Å². The molecule has 0 saturated carbocycles. The van der Waals surface area contributed by atoms with Gasteiger partial charge in [0.05, 0.1) is 6.10 Å². The average Bonchev–Trinajstić information content (AvgIpc) is 2.14. The van der Waals surface area contributed by atoms with E-state index in [1.54, 1.807) is 19.3 Å². The van der Waals surface area contributed by atoms with E-state index in [1.807, 2.05) is 0 Å². The van der Waals surface area contributed by atoms with Crippen LogP contribution in [0.3, 0.4) is 0 Å². The number of hydrogen-bond donors (Lipinski definition) is 0. The van der Waals surface area contributed by atoms with Gasteiger partial charge in [-0.3, -0.25) is 0 Å². The van der Waals surface area contributed by atoms with Gasteiger partial charge in [0.2, 0.25) is 0 Å². The van der Waals surface area contributed by atoms with Gasteiger partial charge in [0.15, 0.2) is 6.61 Å². The number of halogens is 3. The lowest BCUT2D eigenvalue weighted by Crippen LogP contribution is -2.17. The molecule has 1 aliphatic rings. The highest BCUT2D eigenvalue weighted by atomic mass is 19.4. The number of hydrogen-bond acceptors (Lipinski definition) is 2. The molecule has 5 heteroatoms. The van der Waals surface area contributed by atoms with Crippen molar-refractivity contribution in [1.29, 1.82) is 0 Å². The molecular formula is C9H11F3O2. The molecule has 80 valence electrons. The number of rotatable bonds is 3. The molecule has 0 fully saturated rings. The van der Waals surface area contributed by atoms with Gasteiger partial charge in [-0.2, -0.15) is 13.2 Å². The summed E-state index contributed by atoms with van der Waals surface area (Å²) in [4.78, 5) is 0. The fraction of sp³-hybridized carbons (Fsp3) is 0.556. The molecule has 0 amide bonds. The third-order valence-corrected chi connectivity index (χ3v) is 1.73. The maximum absolute atomic E-state index is 11.8. The van der Waals surface area contributed by atoms with Crippen molar-refractivity contribution in [2.45, 2.75) is 18.7 Å². The summed E-state index contributed by atoms with van der Waals surface area (Å²) < 4.78 is 44.8. The minimum Gasteiger partial charge on any atom is -0.484 e. The van der Waals surface area contributed by atoms with Crippen LogP contribution >= 0.6 is 0 Å². The summed E-state index contributed by atoms with van der Waals surface area (Å²) in [7, 11) is 1.55. The molecule has 1 rings (SSSR count). The van der Waals surface area contributed by atoms with Crippen molar-refractivity contribution in [2.24, 2.45) is 0 Å². The first kappa shape index (κ1) is 11.1. The summed E-state index contributed by atoms with van der Waals surface area (Å²) in [6.45, 7) is -1.25. The van der Waals surface area contributed by atoms with E-state index >= 15 is 0 Å². The molecule has 0 saturated heterocycles. The Morgan fingerprint density at radius 2 is 2.21 bits per heavy atom. The first-order valence-corrected chi connectivity index (χ1v) is 4.12. The minimum absolute atomic E-state index is 0.0618. The lowest BCUT2D eigenvalue weighted by molar-refractivity contribution is -0.163. The fourth-order valence-corrected chi connectivity index (χ4v) is 1.03. The van der Waals surface area contributed by atoms with Crippen molar-refractivity contribution < 1.29 is 22.6 Å². The Bertz CT molecular complexity index is 243. The van der Waals surface area contributed by atoms with Crippen molar-refractivity contribution in [3.63, 3.8) is 0 Å². The second-order valence-corrected chi connectivity index (χ2v) is 2.88. The molecule has 0 heterocycles. The second kappa shape index (κ2) is 4.50. The zero-order valence-corrected chi connectivity index (χ0v) is 7.67. The number of methoxy groups -OCH3 is 1. The summed E-state index contributed by atoms with van der Waals surface area (Å²) >= 11 is 0. The highest BCUT2D eigenvalue weighted by Gasteiger charge is 2.28. The maximum Gasteiger partial charge on any atom is 0.422 e. The largest absolute Gasteiger partial charge is 0.484 e. The van der Waals surface area contributed by atoms with E-state index in [2.05, 4.69) is 4.74 Å². The van der Waals surface area contributed by atoms with Crippen molar-refractivity contribution >= 4 is 0 Å². The summed E-state index contributed by atoms with van der Waals surface area (Å²) in [5.41, 5.74) is 0. The number of allylic oxidation sites excluding steroid dienone is 1. The van der Waals surface area contributed by atoms with Crippen LogP contribution in [0.25, 0.3) is 0 Å². The lowest BCUT2D eigenvalue weighted by Gasteiger charge is -2.16. The predicted octanol–water partition coefficient (Wildman–Crippen LogP) is 2.42. The van der Waals surface area contributed by atoms with Gasteiger partial charge in [0, 0.05) is 7.11 Å². The Kier molecular flexibility index (Phi) is 3.57. The van der Waals surface area contributed by atoms with Crippen LogP contribution in [-0.2, 0) is 9.47 Å². The SMILES string of the molecule is COC1C=CC(OCC(F)(F)F)=CC1. The topological polar surface area (TPSA) is 18.5 Å². The van der Waals surface area contributed by atoms with E-state index in [-0.39, 0.29) is 11.9 Å². The lowest BCUT2D eigenvalue weighted by atomic mass is 10.1. The molecule has 1 atom stereocenters. The first-order chi connectivity index (χ1) is 6.51. The van der Waals surface area contributed by atoms with Gasteiger partial charge in [-0.05, 0) is 18.6 Å². The van der Waals surface area contributed by atoms with Crippen LogP contribution in [-0.4, -0.2) is 26.0 Å². The Balaban J connectivity index is 2.35. The van der Waals surface area contributed by atoms with Crippen LogP contribution in [0.5, 0.6) is 0 Å². The Hall–Kier alpha value is -0.970. The normalized spacial score (nSPS) is 22.0. The van der Waals surface area contributed by atoms with E-state index in [0.717, 1.165) is 0 Å². The van der Waals surface area contributed by atoms with Crippen LogP contribution in [0.2, 0.25) is 0 Å². The standard InChI is InChI=1S/C9H11F3O2/c1-13-7-2-4-8(5-3-7)14-6-9(10,11)12/h2,4-5,7H,3,6H2,1H3. The van der Waals surface area contributed by atoms with Crippen LogP contribution < -0.4 is 0 Å². The van der Waals surface area contributed by atoms with Crippen LogP contribution in [0.4, 0.5) is 13.2 Å². The van der Waals surface area contributed by atoms with Crippen LogP contribution in [0.1, 0.15) is 6.42 Å². The third kappa shape index (κ3) is 3.83. The van der Waals surface area contributed by atoms with Crippen LogP contribution in [0, 0.1) is 0 Å². The first-order valence-electron chi connectivity index (χ1n) is 4.12. The Morgan fingerprint density at radius 3 is 2.64 bits per heavy atom. The van der Waals surface area contributed by atoms with Gasteiger partial charge in [0.1, 0.15) is 5.76 Å². The Labute approximate surface area is 80.0 Å². The summed E-state index contributed by atoms with van der Waals surface area (Å²) in [6.07, 6.45) is 0.940. The van der Waals surface area contributed by atoms with E-state index in [9.17, 15) is 13.2 Å². The molecular weight excluding hydrogens is 197 g/mol. The van der Waals surface area contributed by atoms with Crippen molar-refractivity contribution in [3.8, 4) is 0 Å². The zero-order valence-electron chi connectivity index (χ0n) is 7.67. The maximum atomic E-state index is 11.8. The highest BCUT2D eigenvalue weighted by molar-refractivity contribution is 5.19. The van der Waals surface area contributed by atoms with Crippen molar-refractivity contribution in [1.82, 2.24) is 0 Å². The van der Waals surface area contributed by atoms with Gasteiger partial charge >= 0.3 is 6.18 Å². The quantitative estimate of drug-likeness (QED) is 0.709. The van der Waals surface area contributed by atoms with E-state index in [0.29, 0.717) is 6.42 Å². The fourth-order valence-electron chi connectivity index (χ4n) is 1.03. The Morgan fingerprint density at radius 1 is 1.50 bits per heavy atom. The molecule has 0 aromatic carbocycles. The molecule has 14 heavy (non-hydrogen) atoms. The summed E-state index contributed by atoms with van der Waals surface area (Å²) in [5, 5.41) is 0. The number of ether oxygens (including phenoxy) is 2. The van der Waals surface area contributed by atoms with E-state index < -0.39 is 12.8 Å². The average molecular weight is 208 g/mol.